The number of rotatable bonds is 6. The molecular weight excluding hydrogens is 266 g/mol. The summed E-state index contributed by atoms with van der Waals surface area (Å²) in [5, 5.41) is 3.04. The normalized spacial score (nSPS) is 18.3. The summed E-state index contributed by atoms with van der Waals surface area (Å²) in [6.45, 7) is 1.96. The average molecular weight is 289 g/mol. The number of nitrogens with one attached hydrogen (secondary N) is 1. The minimum atomic E-state index is -0.118. The van der Waals surface area contributed by atoms with E-state index in [-0.39, 0.29) is 11.9 Å². The number of carbonyl (C=O) groups excluding carboxylic acids is 1. The Morgan fingerprint density at radius 1 is 1.38 bits per heavy atom. The van der Waals surface area contributed by atoms with Crippen molar-refractivity contribution in [3.63, 3.8) is 0 Å². The summed E-state index contributed by atoms with van der Waals surface area (Å²) in [5.41, 5.74) is 0.923. The van der Waals surface area contributed by atoms with E-state index in [4.69, 9.17) is 9.47 Å². The molecule has 2 atom stereocenters. The van der Waals surface area contributed by atoms with Gasteiger partial charge in [0.05, 0.1) is 20.3 Å². The third-order valence-electron chi connectivity index (χ3n) is 3.84. The van der Waals surface area contributed by atoms with Gasteiger partial charge in [0.2, 0.25) is 5.91 Å². The van der Waals surface area contributed by atoms with Gasteiger partial charge in [-0.2, -0.15) is 0 Å². The van der Waals surface area contributed by atoms with E-state index in [1.165, 1.54) is 0 Å². The lowest BCUT2D eigenvalue weighted by Gasteiger charge is -2.19. The van der Waals surface area contributed by atoms with Gasteiger partial charge in [0.15, 0.2) is 0 Å². The van der Waals surface area contributed by atoms with Crippen LogP contribution in [0.4, 0.5) is 0 Å². The van der Waals surface area contributed by atoms with Crippen molar-refractivity contribution in [3.8, 4) is 11.5 Å². The molecule has 0 saturated carbocycles. The summed E-state index contributed by atoms with van der Waals surface area (Å²) in [6.07, 6.45) is 6.98. The van der Waals surface area contributed by atoms with Gasteiger partial charge in [-0.05, 0) is 43.9 Å². The van der Waals surface area contributed by atoms with Crippen molar-refractivity contribution in [1.29, 1.82) is 0 Å². The summed E-state index contributed by atoms with van der Waals surface area (Å²) in [6, 6.07) is 5.49. The van der Waals surface area contributed by atoms with Crippen LogP contribution < -0.4 is 14.8 Å². The van der Waals surface area contributed by atoms with Crippen LogP contribution in [-0.4, -0.2) is 20.1 Å². The van der Waals surface area contributed by atoms with Crippen LogP contribution in [0.25, 0.3) is 0 Å². The van der Waals surface area contributed by atoms with Crippen molar-refractivity contribution < 1.29 is 14.3 Å². The predicted octanol–water partition coefficient (Wildman–Crippen LogP) is 3.24. The van der Waals surface area contributed by atoms with Crippen molar-refractivity contribution in [2.75, 3.05) is 14.2 Å². The molecule has 1 amide bonds. The van der Waals surface area contributed by atoms with Crippen molar-refractivity contribution >= 4 is 5.91 Å². The molecule has 1 aliphatic rings. The Labute approximate surface area is 126 Å². The lowest BCUT2D eigenvalue weighted by Crippen LogP contribution is -2.28. The largest absolute Gasteiger partial charge is 0.497 e. The third-order valence-corrected chi connectivity index (χ3v) is 3.84. The van der Waals surface area contributed by atoms with Crippen LogP contribution in [-0.2, 0) is 4.79 Å². The first kappa shape index (κ1) is 15.4. The van der Waals surface area contributed by atoms with Crippen LogP contribution in [0.5, 0.6) is 11.5 Å². The van der Waals surface area contributed by atoms with E-state index in [2.05, 4.69) is 17.5 Å². The van der Waals surface area contributed by atoms with E-state index in [0.717, 1.165) is 29.9 Å². The van der Waals surface area contributed by atoms with Crippen LogP contribution in [0.1, 0.15) is 37.8 Å². The maximum absolute atomic E-state index is 12.1. The predicted molar refractivity (Wildman–Crippen MR) is 82.6 cm³/mol. The van der Waals surface area contributed by atoms with E-state index >= 15 is 0 Å². The number of ether oxygens (including phenoxy) is 2. The molecule has 0 aliphatic heterocycles. The monoisotopic (exact) mass is 289 g/mol. The van der Waals surface area contributed by atoms with E-state index in [1.807, 2.05) is 25.1 Å². The summed E-state index contributed by atoms with van der Waals surface area (Å²) >= 11 is 0. The molecule has 0 radical (unpaired) electrons. The quantitative estimate of drug-likeness (QED) is 0.818. The van der Waals surface area contributed by atoms with Gasteiger partial charge in [-0.25, -0.2) is 0 Å². The number of benzene rings is 1. The average Bonchev–Trinajstić information content (AvgIpc) is 2.99. The van der Waals surface area contributed by atoms with E-state index < -0.39 is 0 Å². The molecule has 0 heterocycles. The highest BCUT2D eigenvalue weighted by molar-refractivity contribution is 5.77. The minimum Gasteiger partial charge on any atom is -0.497 e. The number of allylic oxidation sites excluding steroid dienone is 2. The Bertz CT molecular complexity index is 525. The SMILES string of the molecule is COc1ccc(OC)c([C@@H](C)NC(=O)C[C@H]2C=CCC2)c1. The van der Waals surface area contributed by atoms with Crippen molar-refractivity contribution in [3.05, 3.63) is 35.9 Å². The Hall–Kier alpha value is -1.97. The number of hydrogen-bond acceptors (Lipinski definition) is 3. The van der Waals surface area contributed by atoms with Crippen LogP contribution in [0.3, 0.4) is 0 Å². The fourth-order valence-electron chi connectivity index (χ4n) is 2.66. The summed E-state index contributed by atoms with van der Waals surface area (Å²) in [7, 11) is 3.25. The molecule has 1 aliphatic carbocycles. The molecule has 0 bridgehead atoms. The first-order valence-electron chi connectivity index (χ1n) is 7.32. The number of hydrogen-bond donors (Lipinski definition) is 1. The number of methoxy groups -OCH3 is 2. The molecule has 21 heavy (non-hydrogen) atoms. The molecule has 2 rings (SSSR count). The lowest BCUT2D eigenvalue weighted by atomic mass is 10.0. The van der Waals surface area contributed by atoms with Crippen molar-refractivity contribution in [1.82, 2.24) is 5.32 Å². The van der Waals surface area contributed by atoms with Crippen molar-refractivity contribution in [2.45, 2.75) is 32.2 Å². The molecule has 4 heteroatoms. The zero-order chi connectivity index (χ0) is 15.2. The van der Waals surface area contributed by atoms with Crippen LogP contribution >= 0.6 is 0 Å². The fourth-order valence-corrected chi connectivity index (χ4v) is 2.66. The molecule has 114 valence electrons. The summed E-state index contributed by atoms with van der Waals surface area (Å²) in [4.78, 5) is 12.1. The fraction of sp³-hybridized carbons (Fsp3) is 0.471. The molecule has 4 nitrogen and oxygen atoms in total. The maximum Gasteiger partial charge on any atom is 0.221 e. The molecule has 1 aromatic rings. The maximum atomic E-state index is 12.1. The lowest BCUT2D eigenvalue weighted by molar-refractivity contribution is -0.122. The standard InChI is InChI=1S/C17H23NO3/c1-12(18-17(19)10-13-6-4-5-7-13)15-11-14(20-2)8-9-16(15)21-3/h4,6,8-9,11-13H,5,7,10H2,1-3H3,(H,18,19)/t12-,13+/m1/s1. The highest BCUT2D eigenvalue weighted by Crippen LogP contribution is 2.29. The molecule has 0 aromatic heterocycles. The number of carbonyl (C=O) groups is 1. The van der Waals surface area contributed by atoms with E-state index in [0.29, 0.717) is 12.3 Å². The van der Waals surface area contributed by atoms with E-state index in [9.17, 15) is 4.79 Å². The van der Waals surface area contributed by atoms with Gasteiger partial charge in [0, 0.05) is 12.0 Å². The van der Waals surface area contributed by atoms with Gasteiger partial charge in [-0.3, -0.25) is 4.79 Å². The molecule has 0 spiro atoms. The Balaban J connectivity index is 2.02. The molecule has 1 N–H and O–H groups in total. The van der Waals surface area contributed by atoms with Crippen molar-refractivity contribution in [2.24, 2.45) is 5.92 Å². The minimum absolute atomic E-state index is 0.0731. The second kappa shape index (κ2) is 7.16. The Kier molecular flexibility index (Phi) is 5.26. The first-order valence-corrected chi connectivity index (χ1v) is 7.32. The zero-order valence-corrected chi connectivity index (χ0v) is 12.9. The van der Waals surface area contributed by atoms with Gasteiger partial charge in [-0.15, -0.1) is 0 Å². The highest BCUT2D eigenvalue weighted by Gasteiger charge is 2.18. The molecule has 0 fully saturated rings. The number of amides is 1. The first-order chi connectivity index (χ1) is 10.1. The van der Waals surface area contributed by atoms with E-state index in [1.54, 1.807) is 14.2 Å². The molecule has 0 unspecified atom stereocenters. The van der Waals surface area contributed by atoms with Crippen LogP contribution in [0.15, 0.2) is 30.4 Å². The summed E-state index contributed by atoms with van der Waals surface area (Å²) in [5.74, 6) is 1.96. The summed E-state index contributed by atoms with van der Waals surface area (Å²) < 4.78 is 10.6. The van der Waals surface area contributed by atoms with Gasteiger partial charge in [0.25, 0.3) is 0 Å². The Morgan fingerprint density at radius 2 is 2.19 bits per heavy atom. The second-order valence-electron chi connectivity index (χ2n) is 5.37. The smallest absolute Gasteiger partial charge is 0.221 e. The van der Waals surface area contributed by atoms with Crippen LogP contribution in [0.2, 0.25) is 0 Å². The zero-order valence-electron chi connectivity index (χ0n) is 12.9. The second-order valence-corrected chi connectivity index (χ2v) is 5.37. The van der Waals surface area contributed by atoms with Gasteiger partial charge < -0.3 is 14.8 Å². The van der Waals surface area contributed by atoms with Crippen LogP contribution in [0, 0.1) is 5.92 Å². The third kappa shape index (κ3) is 4.00. The molecule has 0 saturated heterocycles. The van der Waals surface area contributed by atoms with Gasteiger partial charge in [-0.1, -0.05) is 12.2 Å². The molecule has 1 aromatic carbocycles. The van der Waals surface area contributed by atoms with Gasteiger partial charge >= 0.3 is 0 Å². The Morgan fingerprint density at radius 3 is 2.81 bits per heavy atom. The topological polar surface area (TPSA) is 47.6 Å². The van der Waals surface area contributed by atoms with Gasteiger partial charge in [0.1, 0.15) is 11.5 Å². The molecular formula is C17H23NO3. The highest BCUT2D eigenvalue weighted by atomic mass is 16.5.